The highest BCUT2D eigenvalue weighted by Crippen LogP contribution is 2.64. The van der Waals surface area contributed by atoms with Crippen LogP contribution in [0.25, 0.3) is 0 Å². The van der Waals surface area contributed by atoms with E-state index >= 15 is 0 Å². The molecule has 222 valence electrons. The number of anilines is 2. The minimum Gasteiger partial charge on any atom is -0.508 e. The molecule has 0 radical (unpaired) electrons. The summed E-state index contributed by atoms with van der Waals surface area (Å²) in [5.41, 5.74) is 1.39. The Balaban J connectivity index is 1.36. The summed E-state index contributed by atoms with van der Waals surface area (Å²) in [7, 11) is 0. The van der Waals surface area contributed by atoms with E-state index in [1.165, 1.54) is 16.7 Å². The summed E-state index contributed by atoms with van der Waals surface area (Å²) in [6.45, 7) is 3.24. The van der Waals surface area contributed by atoms with E-state index in [9.17, 15) is 29.1 Å². The Bertz CT molecular complexity index is 1800. The minimum absolute atomic E-state index is 0.0127. The van der Waals surface area contributed by atoms with Crippen LogP contribution < -0.4 is 9.80 Å². The number of allylic oxidation sites excluding steroid dienone is 2. The van der Waals surface area contributed by atoms with Gasteiger partial charge in [-0.2, -0.15) is 0 Å². The summed E-state index contributed by atoms with van der Waals surface area (Å²) in [5, 5.41) is 11.2. The number of fused-ring (bicyclic) bond motifs is 4. The maximum Gasteiger partial charge on any atom is 0.241 e. The molecule has 0 spiro atoms. The molecule has 3 fully saturated rings. The lowest BCUT2D eigenvalue weighted by molar-refractivity contribution is -0.131. The number of amides is 4. The van der Waals surface area contributed by atoms with Crippen LogP contribution in [0.5, 0.6) is 5.75 Å². The number of Topliss-reactive ketones (excluding diaryl/α,β-unsaturated/α-hetero) is 1. The van der Waals surface area contributed by atoms with Gasteiger partial charge in [0.1, 0.15) is 5.75 Å². The molecule has 2 aliphatic heterocycles. The van der Waals surface area contributed by atoms with Crippen molar-refractivity contribution in [1.82, 2.24) is 0 Å². The Kier molecular flexibility index (Phi) is 6.51. The van der Waals surface area contributed by atoms with Crippen LogP contribution in [0.1, 0.15) is 48.5 Å². The molecule has 44 heavy (non-hydrogen) atoms. The van der Waals surface area contributed by atoms with Gasteiger partial charge in [-0.1, -0.05) is 45.8 Å². The first kappa shape index (κ1) is 28.4. The number of para-hydroxylation sites is 1. The van der Waals surface area contributed by atoms with Gasteiger partial charge in [-0.3, -0.25) is 28.9 Å². The van der Waals surface area contributed by atoms with E-state index in [2.05, 4.69) is 15.9 Å². The number of ketones is 1. The predicted octanol–water partition coefficient (Wildman–Crippen LogP) is 5.79. The van der Waals surface area contributed by atoms with Gasteiger partial charge < -0.3 is 5.11 Å². The molecule has 2 aliphatic carbocycles. The van der Waals surface area contributed by atoms with Gasteiger partial charge in [-0.25, -0.2) is 4.90 Å². The third-order valence-electron chi connectivity index (χ3n) is 10.1. The lowest BCUT2D eigenvalue weighted by atomic mass is 9.51. The van der Waals surface area contributed by atoms with Crippen LogP contribution in [0.4, 0.5) is 11.4 Å². The minimum atomic E-state index is -1.24. The predicted molar refractivity (Wildman–Crippen MR) is 166 cm³/mol. The number of phenols is 1. The SMILES string of the molecule is CC(=O)c1ccc(N2C(=O)C3CC=C4C(CC5C(=O)N(c6ccccc6)C(=O)C5(C)C4c4cc(Br)ccc4O)C3C2=O)cc1. The molecule has 3 aromatic rings. The van der Waals surface area contributed by atoms with Gasteiger partial charge in [-0.15, -0.1) is 0 Å². The molecule has 1 N–H and O–H groups in total. The Labute approximate surface area is 262 Å². The van der Waals surface area contributed by atoms with Gasteiger partial charge >= 0.3 is 0 Å². The van der Waals surface area contributed by atoms with Crippen molar-refractivity contribution in [2.75, 3.05) is 9.80 Å². The summed E-state index contributed by atoms with van der Waals surface area (Å²) in [6, 6.07) is 20.2. The number of nitrogens with zero attached hydrogens (tertiary/aromatic N) is 2. The van der Waals surface area contributed by atoms with E-state index in [0.717, 1.165) is 5.57 Å². The molecule has 7 rings (SSSR count). The number of hydrogen-bond acceptors (Lipinski definition) is 6. The number of carbonyl (C=O) groups excluding carboxylic acids is 5. The molecular weight excluding hydrogens is 624 g/mol. The maximum atomic E-state index is 14.4. The quantitative estimate of drug-likeness (QED) is 0.217. The lowest BCUT2D eigenvalue weighted by Gasteiger charge is -2.49. The van der Waals surface area contributed by atoms with Crippen molar-refractivity contribution >= 4 is 56.7 Å². The van der Waals surface area contributed by atoms with Gasteiger partial charge in [0.05, 0.1) is 34.5 Å². The molecule has 8 nitrogen and oxygen atoms in total. The van der Waals surface area contributed by atoms with Crippen LogP contribution >= 0.6 is 15.9 Å². The number of phenolic OH excluding ortho intramolecular Hbond substituents is 1. The highest BCUT2D eigenvalue weighted by atomic mass is 79.9. The molecule has 1 saturated carbocycles. The van der Waals surface area contributed by atoms with Gasteiger partial charge in [0.25, 0.3) is 0 Å². The summed E-state index contributed by atoms with van der Waals surface area (Å²) >= 11 is 3.51. The molecule has 0 aromatic heterocycles. The van der Waals surface area contributed by atoms with Gasteiger partial charge in [0, 0.05) is 21.5 Å². The van der Waals surface area contributed by atoms with Crippen LogP contribution in [0.15, 0.2) is 88.9 Å². The van der Waals surface area contributed by atoms with E-state index in [4.69, 9.17) is 0 Å². The van der Waals surface area contributed by atoms with Crippen LogP contribution in [0.3, 0.4) is 0 Å². The molecule has 6 atom stereocenters. The fourth-order valence-electron chi connectivity index (χ4n) is 8.04. The maximum absolute atomic E-state index is 14.4. The van der Waals surface area contributed by atoms with E-state index in [1.54, 1.807) is 73.7 Å². The van der Waals surface area contributed by atoms with Gasteiger partial charge in [0.2, 0.25) is 23.6 Å². The van der Waals surface area contributed by atoms with E-state index in [-0.39, 0.29) is 41.6 Å². The van der Waals surface area contributed by atoms with E-state index in [0.29, 0.717) is 33.4 Å². The zero-order chi connectivity index (χ0) is 31.1. The van der Waals surface area contributed by atoms with Crippen molar-refractivity contribution in [3.63, 3.8) is 0 Å². The summed E-state index contributed by atoms with van der Waals surface area (Å²) in [6.07, 6.45) is 2.47. The molecule has 2 saturated heterocycles. The third kappa shape index (κ3) is 3.91. The van der Waals surface area contributed by atoms with Gasteiger partial charge in [0.15, 0.2) is 5.78 Å². The molecule has 6 unspecified atom stereocenters. The second-order valence-corrected chi connectivity index (χ2v) is 13.2. The molecule has 4 amide bonds. The monoisotopic (exact) mass is 652 g/mol. The zero-order valence-corrected chi connectivity index (χ0v) is 25.7. The number of hydrogen-bond donors (Lipinski definition) is 1. The Morgan fingerprint density at radius 1 is 0.864 bits per heavy atom. The van der Waals surface area contributed by atoms with Crippen molar-refractivity contribution < 1.29 is 29.1 Å². The van der Waals surface area contributed by atoms with Crippen molar-refractivity contribution in [3.05, 3.63) is 100 Å². The number of carbonyl (C=O) groups is 5. The molecule has 0 bridgehead atoms. The Morgan fingerprint density at radius 3 is 2.23 bits per heavy atom. The number of rotatable bonds is 4. The van der Waals surface area contributed by atoms with E-state index < -0.39 is 35.0 Å². The third-order valence-corrected chi connectivity index (χ3v) is 10.6. The highest BCUT2D eigenvalue weighted by Gasteiger charge is 2.68. The average molecular weight is 654 g/mol. The summed E-state index contributed by atoms with van der Waals surface area (Å²) < 4.78 is 0.700. The van der Waals surface area contributed by atoms with Crippen LogP contribution in [-0.4, -0.2) is 34.5 Å². The molecule has 4 aliphatic rings. The first-order valence-corrected chi connectivity index (χ1v) is 15.4. The van der Waals surface area contributed by atoms with Crippen molar-refractivity contribution in [3.8, 4) is 5.75 Å². The topological polar surface area (TPSA) is 112 Å². The summed E-state index contributed by atoms with van der Waals surface area (Å²) in [4.78, 5) is 70.8. The van der Waals surface area contributed by atoms with Crippen LogP contribution in [-0.2, 0) is 19.2 Å². The van der Waals surface area contributed by atoms with Crippen LogP contribution in [0.2, 0.25) is 0 Å². The van der Waals surface area contributed by atoms with Crippen molar-refractivity contribution in [2.24, 2.45) is 29.1 Å². The number of aromatic hydroxyl groups is 1. The second-order valence-electron chi connectivity index (χ2n) is 12.3. The highest BCUT2D eigenvalue weighted by molar-refractivity contribution is 9.10. The first-order valence-electron chi connectivity index (χ1n) is 14.6. The lowest BCUT2D eigenvalue weighted by Crippen LogP contribution is -2.48. The standard InChI is InChI=1S/C35H29BrN2O6/c1-18(39)19-8-11-22(12-9-19)37-31(41)24-14-13-23-25(29(24)33(37)43)17-27-32(42)38(21-6-4-3-5-7-21)34(44)35(27,2)30(23)26-16-20(36)10-15-28(26)40/h3-13,15-16,24-25,27,29-30,40H,14,17H2,1-2H3. The zero-order valence-electron chi connectivity index (χ0n) is 24.1. The molecule has 3 aromatic carbocycles. The van der Waals surface area contributed by atoms with Crippen molar-refractivity contribution in [1.29, 1.82) is 0 Å². The number of halogens is 1. The fraction of sp³-hybridized carbons (Fsp3) is 0.286. The first-order chi connectivity index (χ1) is 21.0. The van der Waals surface area contributed by atoms with Crippen molar-refractivity contribution in [2.45, 2.75) is 32.6 Å². The molecule has 9 heteroatoms. The van der Waals surface area contributed by atoms with Crippen LogP contribution in [0, 0.1) is 29.1 Å². The smallest absolute Gasteiger partial charge is 0.241 e. The number of benzene rings is 3. The Morgan fingerprint density at radius 2 is 1.55 bits per heavy atom. The van der Waals surface area contributed by atoms with Gasteiger partial charge in [-0.05, 0) is 87.2 Å². The summed E-state index contributed by atoms with van der Waals surface area (Å²) in [5.74, 6) is -4.86. The largest absolute Gasteiger partial charge is 0.508 e. The fourth-order valence-corrected chi connectivity index (χ4v) is 8.42. The Hall–Kier alpha value is -4.37. The second kappa shape index (κ2) is 10.1. The molecule has 2 heterocycles. The van der Waals surface area contributed by atoms with E-state index in [1.807, 2.05) is 12.1 Å². The molecular formula is C35H29BrN2O6. The normalized spacial score (nSPS) is 29.3. The average Bonchev–Trinajstić information content (AvgIpc) is 3.38. The number of imide groups is 2.